The molecule has 2 aromatic rings. The second kappa shape index (κ2) is 8.10. The lowest BCUT2D eigenvalue weighted by Crippen LogP contribution is -2.29. The molecule has 0 spiro atoms. The number of hydrogen-bond acceptors (Lipinski definition) is 4. The molecule has 0 radical (unpaired) electrons. The van der Waals surface area contributed by atoms with Crippen LogP contribution in [0, 0.1) is 0 Å². The molecule has 0 bridgehead atoms. The molecule has 0 aliphatic heterocycles. The fourth-order valence-corrected chi connectivity index (χ4v) is 2.81. The van der Waals surface area contributed by atoms with Crippen molar-refractivity contribution < 1.29 is 0 Å². The predicted octanol–water partition coefficient (Wildman–Crippen LogP) is 3.27. The molecule has 0 aliphatic rings. The van der Waals surface area contributed by atoms with E-state index in [1.54, 1.807) is 16.0 Å². The molecule has 114 valence electrons. The molecular formula is C16H23N3OS. The summed E-state index contributed by atoms with van der Waals surface area (Å²) in [7, 11) is 0. The molecular weight excluding hydrogens is 282 g/mol. The van der Waals surface area contributed by atoms with Gasteiger partial charge in [-0.2, -0.15) is 5.10 Å². The minimum atomic E-state index is 0.0346. The summed E-state index contributed by atoms with van der Waals surface area (Å²) >= 11 is 1.65. The van der Waals surface area contributed by atoms with Gasteiger partial charge in [-0.1, -0.05) is 26.3 Å². The Hall–Kier alpha value is -1.46. The number of aromatic nitrogens is 2. The highest BCUT2D eigenvalue weighted by atomic mass is 32.1. The van der Waals surface area contributed by atoms with Gasteiger partial charge in [-0.3, -0.25) is 4.79 Å². The van der Waals surface area contributed by atoms with E-state index in [-0.39, 0.29) is 5.56 Å². The first-order chi connectivity index (χ1) is 10.3. The van der Waals surface area contributed by atoms with E-state index in [4.69, 9.17) is 0 Å². The molecule has 4 nitrogen and oxygen atoms in total. The average molecular weight is 305 g/mol. The van der Waals surface area contributed by atoms with Gasteiger partial charge in [0.05, 0.1) is 4.88 Å². The third kappa shape index (κ3) is 4.25. The quantitative estimate of drug-likeness (QED) is 0.761. The van der Waals surface area contributed by atoms with Crippen LogP contribution in [0.3, 0.4) is 0 Å². The van der Waals surface area contributed by atoms with Crippen LogP contribution in [-0.4, -0.2) is 16.3 Å². The SMILES string of the molecule is CCCCn1nc(-c2cccs2)cc(CNCCC)c1=O. The molecule has 21 heavy (non-hydrogen) atoms. The number of thiophene rings is 1. The van der Waals surface area contributed by atoms with Crippen molar-refractivity contribution in [3.05, 3.63) is 39.5 Å². The van der Waals surface area contributed by atoms with Crippen LogP contribution in [0.15, 0.2) is 28.4 Å². The number of rotatable bonds is 8. The lowest BCUT2D eigenvalue weighted by atomic mass is 10.2. The first-order valence-electron chi connectivity index (χ1n) is 7.61. The summed E-state index contributed by atoms with van der Waals surface area (Å²) in [6.45, 7) is 6.47. The molecule has 0 aliphatic carbocycles. The molecule has 0 aromatic carbocycles. The van der Waals surface area contributed by atoms with E-state index in [0.29, 0.717) is 13.1 Å². The van der Waals surface area contributed by atoms with Crippen molar-refractivity contribution in [1.29, 1.82) is 0 Å². The van der Waals surface area contributed by atoms with Gasteiger partial charge in [-0.25, -0.2) is 4.68 Å². The molecule has 5 heteroatoms. The highest BCUT2D eigenvalue weighted by Crippen LogP contribution is 2.22. The third-order valence-electron chi connectivity index (χ3n) is 3.29. The Morgan fingerprint density at radius 1 is 1.33 bits per heavy atom. The number of aryl methyl sites for hydroxylation is 1. The van der Waals surface area contributed by atoms with Crippen molar-refractivity contribution in [3.8, 4) is 10.6 Å². The Balaban J connectivity index is 2.33. The number of nitrogens with zero attached hydrogens (tertiary/aromatic N) is 2. The summed E-state index contributed by atoms with van der Waals surface area (Å²) in [5.74, 6) is 0. The molecule has 0 saturated heterocycles. The van der Waals surface area contributed by atoms with E-state index < -0.39 is 0 Å². The van der Waals surface area contributed by atoms with Gasteiger partial charge in [0.15, 0.2) is 0 Å². The number of nitrogens with one attached hydrogen (secondary N) is 1. The minimum Gasteiger partial charge on any atom is -0.312 e. The Morgan fingerprint density at radius 2 is 2.19 bits per heavy atom. The lowest BCUT2D eigenvalue weighted by molar-refractivity contribution is 0.536. The largest absolute Gasteiger partial charge is 0.312 e. The van der Waals surface area contributed by atoms with Crippen molar-refractivity contribution in [2.45, 2.75) is 46.2 Å². The molecule has 0 fully saturated rings. The summed E-state index contributed by atoms with van der Waals surface area (Å²) < 4.78 is 1.63. The second-order valence-electron chi connectivity index (χ2n) is 5.09. The summed E-state index contributed by atoms with van der Waals surface area (Å²) in [5.41, 5.74) is 1.74. The van der Waals surface area contributed by atoms with Crippen molar-refractivity contribution in [2.24, 2.45) is 0 Å². The normalized spacial score (nSPS) is 11.0. The number of hydrogen-bond donors (Lipinski definition) is 1. The van der Waals surface area contributed by atoms with E-state index in [1.165, 1.54) is 0 Å². The average Bonchev–Trinajstić information content (AvgIpc) is 3.02. The van der Waals surface area contributed by atoms with Gasteiger partial charge in [-0.05, 0) is 36.9 Å². The van der Waals surface area contributed by atoms with Crippen LogP contribution in [0.25, 0.3) is 10.6 Å². The monoisotopic (exact) mass is 305 g/mol. The summed E-state index contributed by atoms with van der Waals surface area (Å²) in [4.78, 5) is 13.6. The van der Waals surface area contributed by atoms with E-state index in [9.17, 15) is 4.79 Å². The predicted molar refractivity (Wildman–Crippen MR) is 88.7 cm³/mol. The highest BCUT2D eigenvalue weighted by Gasteiger charge is 2.10. The Morgan fingerprint density at radius 3 is 2.86 bits per heavy atom. The van der Waals surface area contributed by atoms with Crippen LogP contribution in [-0.2, 0) is 13.1 Å². The summed E-state index contributed by atoms with van der Waals surface area (Å²) in [5, 5.41) is 9.87. The van der Waals surface area contributed by atoms with Crippen molar-refractivity contribution >= 4 is 11.3 Å². The number of unbranched alkanes of at least 4 members (excludes halogenated alkanes) is 1. The maximum Gasteiger partial charge on any atom is 0.271 e. The minimum absolute atomic E-state index is 0.0346. The maximum atomic E-state index is 12.5. The van der Waals surface area contributed by atoms with Gasteiger partial charge in [-0.15, -0.1) is 11.3 Å². The molecule has 0 atom stereocenters. The van der Waals surface area contributed by atoms with Crippen LogP contribution in [0.2, 0.25) is 0 Å². The zero-order chi connectivity index (χ0) is 15.1. The van der Waals surface area contributed by atoms with Crippen LogP contribution in [0.5, 0.6) is 0 Å². The van der Waals surface area contributed by atoms with Gasteiger partial charge in [0.25, 0.3) is 5.56 Å². The van der Waals surface area contributed by atoms with Crippen molar-refractivity contribution in [3.63, 3.8) is 0 Å². The van der Waals surface area contributed by atoms with E-state index >= 15 is 0 Å². The molecule has 2 aromatic heterocycles. The summed E-state index contributed by atoms with van der Waals surface area (Å²) in [6, 6.07) is 5.99. The second-order valence-corrected chi connectivity index (χ2v) is 6.04. The zero-order valence-electron chi connectivity index (χ0n) is 12.8. The van der Waals surface area contributed by atoms with Gasteiger partial charge < -0.3 is 5.32 Å². The fraction of sp³-hybridized carbons (Fsp3) is 0.500. The zero-order valence-corrected chi connectivity index (χ0v) is 13.6. The maximum absolute atomic E-state index is 12.5. The fourth-order valence-electron chi connectivity index (χ4n) is 2.13. The topological polar surface area (TPSA) is 46.9 Å². The Labute approximate surface area is 129 Å². The van der Waals surface area contributed by atoms with Gasteiger partial charge in [0.2, 0.25) is 0 Å². The smallest absolute Gasteiger partial charge is 0.271 e. The van der Waals surface area contributed by atoms with E-state index in [2.05, 4.69) is 24.3 Å². The third-order valence-corrected chi connectivity index (χ3v) is 4.18. The standard InChI is InChI=1S/C16H23N3OS/c1-3-5-9-19-16(20)13(12-17-8-4-2)11-14(18-19)15-7-6-10-21-15/h6-7,10-11,17H,3-5,8-9,12H2,1-2H3. The molecule has 2 rings (SSSR count). The van der Waals surface area contributed by atoms with Gasteiger partial charge >= 0.3 is 0 Å². The van der Waals surface area contributed by atoms with Crippen LogP contribution < -0.4 is 10.9 Å². The first-order valence-corrected chi connectivity index (χ1v) is 8.49. The first kappa shape index (κ1) is 15.9. The molecule has 0 amide bonds. The van der Waals surface area contributed by atoms with Crippen molar-refractivity contribution in [2.75, 3.05) is 6.54 Å². The van der Waals surface area contributed by atoms with E-state index in [1.807, 2.05) is 23.6 Å². The van der Waals surface area contributed by atoms with Gasteiger partial charge in [0, 0.05) is 18.7 Å². The van der Waals surface area contributed by atoms with E-state index in [0.717, 1.165) is 41.9 Å². The Bertz CT molecular complexity index is 604. The molecule has 0 unspecified atom stereocenters. The highest BCUT2D eigenvalue weighted by molar-refractivity contribution is 7.13. The van der Waals surface area contributed by atoms with Gasteiger partial charge in [0.1, 0.15) is 5.69 Å². The molecule has 2 heterocycles. The van der Waals surface area contributed by atoms with Crippen LogP contribution >= 0.6 is 11.3 Å². The summed E-state index contributed by atoms with van der Waals surface area (Å²) in [6.07, 6.45) is 3.09. The van der Waals surface area contributed by atoms with Crippen molar-refractivity contribution in [1.82, 2.24) is 15.1 Å². The molecule has 1 N–H and O–H groups in total. The van der Waals surface area contributed by atoms with Crippen LogP contribution in [0.4, 0.5) is 0 Å². The Kier molecular flexibility index (Phi) is 6.14. The molecule has 0 saturated carbocycles. The lowest BCUT2D eigenvalue weighted by Gasteiger charge is -2.10. The van der Waals surface area contributed by atoms with Crippen LogP contribution in [0.1, 0.15) is 38.7 Å².